The highest BCUT2D eigenvalue weighted by Gasteiger charge is 2.32. The Morgan fingerprint density at radius 1 is 1.17 bits per heavy atom. The summed E-state index contributed by atoms with van der Waals surface area (Å²) in [4.78, 5) is 6.52. The third kappa shape index (κ3) is 3.39. The van der Waals surface area contributed by atoms with Crippen molar-refractivity contribution in [2.24, 2.45) is 10.2 Å². The molecule has 0 atom stereocenters. The largest absolute Gasteiger partial charge is 0.371 e. The Labute approximate surface area is 183 Å². The van der Waals surface area contributed by atoms with Gasteiger partial charge in [-0.15, -0.1) is 10.2 Å². The van der Waals surface area contributed by atoms with Crippen LogP contribution in [0.3, 0.4) is 0 Å². The fraction of sp³-hybridized carbons (Fsp3) is 0.350. The number of rotatable bonds is 3. The molecule has 1 N–H and O–H groups in total. The van der Waals surface area contributed by atoms with Crippen molar-refractivity contribution in [3.05, 3.63) is 39.9 Å². The molecule has 2 aliphatic heterocycles. The lowest BCUT2D eigenvalue weighted by Crippen LogP contribution is -2.35. The van der Waals surface area contributed by atoms with Crippen LogP contribution in [-0.2, 0) is 23.0 Å². The molecule has 0 aliphatic carbocycles. The summed E-state index contributed by atoms with van der Waals surface area (Å²) >= 11 is 7.52. The van der Waals surface area contributed by atoms with Gasteiger partial charge in [0.15, 0.2) is 0 Å². The third-order valence-corrected chi connectivity index (χ3v) is 7.89. The average molecular weight is 463 g/mol. The molecule has 0 amide bonds. The highest BCUT2D eigenvalue weighted by Crippen LogP contribution is 2.44. The quantitative estimate of drug-likeness (QED) is 0.402. The zero-order chi connectivity index (χ0) is 21.0. The second-order valence-corrected chi connectivity index (χ2v) is 10.4. The maximum absolute atomic E-state index is 12.3. The van der Waals surface area contributed by atoms with Crippen LogP contribution >= 0.6 is 22.9 Å². The number of benzene rings is 2. The molecule has 3 heterocycles. The minimum Gasteiger partial charge on any atom is -0.371 e. The van der Waals surface area contributed by atoms with Crippen molar-refractivity contribution in [1.29, 1.82) is 0 Å². The van der Waals surface area contributed by atoms with Gasteiger partial charge in [-0.3, -0.25) is 4.55 Å². The summed E-state index contributed by atoms with van der Waals surface area (Å²) in [7, 11) is -4.45. The highest BCUT2D eigenvalue weighted by molar-refractivity contribution is 7.86. The summed E-state index contributed by atoms with van der Waals surface area (Å²) in [6, 6.07) is 5.47. The monoisotopic (exact) mass is 462 g/mol. The van der Waals surface area contributed by atoms with Crippen molar-refractivity contribution in [1.82, 2.24) is 4.98 Å². The van der Waals surface area contributed by atoms with Crippen LogP contribution in [0.2, 0.25) is 5.02 Å². The van der Waals surface area contributed by atoms with Gasteiger partial charge in [0.1, 0.15) is 10.6 Å². The van der Waals surface area contributed by atoms with E-state index < -0.39 is 10.1 Å². The highest BCUT2D eigenvalue weighted by atomic mass is 35.5. The molecular weight excluding hydrogens is 444 g/mol. The van der Waals surface area contributed by atoms with Gasteiger partial charge in [0.05, 0.1) is 10.2 Å². The molecule has 156 valence electrons. The first-order chi connectivity index (χ1) is 14.3. The Kier molecular flexibility index (Phi) is 4.81. The van der Waals surface area contributed by atoms with Gasteiger partial charge in [0.25, 0.3) is 10.1 Å². The van der Waals surface area contributed by atoms with Gasteiger partial charge < -0.3 is 4.90 Å². The molecule has 7 nitrogen and oxygen atoms in total. The summed E-state index contributed by atoms with van der Waals surface area (Å²) in [5.41, 5.74) is 4.50. The van der Waals surface area contributed by atoms with Crippen molar-refractivity contribution in [3.8, 4) is 0 Å². The lowest BCUT2D eigenvalue weighted by molar-refractivity contribution is 0.481. The average Bonchev–Trinajstić information content (AvgIpc) is 3.07. The van der Waals surface area contributed by atoms with E-state index in [2.05, 4.69) is 20.1 Å². The van der Waals surface area contributed by atoms with E-state index in [0.29, 0.717) is 22.1 Å². The molecule has 3 aromatic rings. The van der Waals surface area contributed by atoms with Crippen LogP contribution in [-0.4, -0.2) is 31.0 Å². The lowest BCUT2D eigenvalue weighted by Gasteiger charge is -2.37. The maximum atomic E-state index is 12.3. The summed E-state index contributed by atoms with van der Waals surface area (Å²) < 4.78 is 35.5. The fourth-order valence-corrected chi connectivity index (χ4v) is 6.25. The van der Waals surface area contributed by atoms with Gasteiger partial charge in [-0.1, -0.05) is 22.9 Å². The van der Waals surface area contributed by atoms with Crippen LogP contribution in [0.1, 0.15) is 29.5 Å². The minimum absolute atomic E-state index is 0.128. The Morgan fingerprint density at radius 3 is 2.70 bits per heavy atom. The number of anilines is 1. The van der Waals surface area contributed by atoms with Gasteiger partial charge in [-0.2, -0.15) is 8.42 Å². The number of aryl methyl sites for hydroxylation is 2. The normalized spacial score (nSPS) is 16.4. The number of fused-ring (bicyclic) bond motifs is 1. The van der Waals surface area contributed by atoms with Crippen LogP contribution in [0, 0.1) is 6.92 Å². The molecule has 2 aliphatic rings. The van der Waals surface area contributed by atoms with Crippen LogP contribution in [0.4, 0.5) is 16.5 Å². The smallest absolute Gasteiger partial charge is 0.297 e. The number of halogens is 1. The maximum Gasteiger partial charge on any atom is 0.297 e. The van der Waals surface area contributed by atoms with Gasteiger partial charge in [0, 0.05) is 23.8 Å². The van der Waals surface area contributed by atoms with Crippen molar-refractivity contribution < 1.29 is 13.0 Å². The standard InChI is InChI=1S/C20H19ClN4O3S2/c1-11-8-17-15(10-14(11)21)22-20(29-17)24-23-16-9-12-4-2-6-25-7-3-5-13(18(12)25)19(16)30(26,27)28/h8-10H,2-7H2,1H3,(H,26,27,28). The summed E-state index contributed by atoms with van der Waals surface area (Å²) in [6.07, 6.45) is 3.29. The van der Waals surface area contributed by atoms with Crippen molar-refractivity contribution in [2.45, 2.75) is 37.5 Å². The Balaban J connectivity index is 1.64. The molecule has 0 spiro atoms. The van der Waals surface area contributed by atoms with E-state index in [0.717, 1.165) is 59.4 Å². The first-order valence-corrected chi connectivity index (χ1v) is 12.3. The molecule has 1 aromatic heterocycles. The zero-order valence-electron chi connectivity index (χ0n) is 16.2. The van der Waals surface area contributed by atoms with Gasteiger partial charge in [-0.05, 0) is 67.5 Å². The zero-order valence-corrected chi connectivity index (χ0v) is 18.6. The van der Waals surface area contributed by atoms with E-state index in [4.69, 9.17) is 11.6 Å². The van der Waals surface area contributed by atoms with Crippen LogP contribution < -0.4 is 4.90 Å². The number of nitrogens with zero attached hydrogens (tertiary/aromatic N) is 4. The fourth-order valence-electron chi connectivity index (χ4n) is 4.35. The Hall–Kier alpha value is -2.07. The predicted octanol–water partition coefficient (Wildman–Crippen LogP) is 5.62. The molecule has 5 rings (SSSR count). The first-order valence-electron chi connectivity index (χ1n) is 9.71. The summed E-state index contributed by atoms with van der Waals surface area (Å²) in [5, 5.41) is 9.47. The van der Waals surface area contributed by atoms with E-state index in [-0.39, 0.29) is 10.6 Å². The van der Waals surface area contributed by atoms with E-state index >= 15 is 0 Å². The van der Waals surface area contributed by atoms with Gasteiger partial charge in [-0.25, -0.2) is 4.98 Å². The molecule has 0 fully saturated rings. The molecular formula is C20H19ClN4O3S2. The number of hydrogen-bond donors (Lipinski definition) is 1. The van der Waals surface area contributed by atoms with Crippen molar-refractivity contribution in [3.63, 3.8) is 0 Å². The van der Waals surface area contributed by atoms with Gasteiger partial charge >= 0.3 is 0 Å². The Bertz CT molecular complexity index is 1280. The molecule has 0 unspecified atom stereocenters. The number of aromatic nitrogens is 1. The summed E-state index contributed by atoms with van der Waals surface area (Å²) in [5.74, 6) is 0. The molecule has 0 bridgehead atoms. The summed E-state index contributed by atoms with van der Waals surface area (Å²) in [6.45, 7) is 3.72. The number of hydrogen-bond acceptors (Lipinski definition) is 7. The minimum atomic E-state index is -4.45. The molecule has 0 saturated heterocycles. The Morgan fingerprint density at radius 2 is 1.93 bits per heavy atom. The second-order valence-electron chi connectivity index (χ2n) is 7.65. The SMILES string of the molecule is Cc1cc2sc(N=Nc3cc4c5c(c3S(=O)(=O)O)CCCN5CCC4)nc2cc1Cl. The van der Waals surface area contributed by atoms with Crippen LogP contribution in [0.15, 0.2) is 33.3 Å². The first kappa shape index (κ1) is 19.9. The third-order valence-electron chi connectivity index (χ3n) is 5.61. The predicted molar refractivity (Wildman–Crippen MR) is 119 cm³/mol. The molecule has 0 saturated carbocycles. The topological polar surface area (TPSA) is 95.2 Å². The molecule has 0 radical (unpaired) electrons. The van der Waals surface area contributed by atoms with Crippen LogP contribution in [0.25, 0.3) is 10.2 Å². The number of thiazole rings is 1. The van der Waals surface area contributed by atoms with Crippen LogP contribution in [0.5, 0.6) is 0 Å². The van der Waals surface area contributed by atoms with Crippen molar-refractivity contribution >= 4 is 59.8 Å². The number of azo groups is 1. The van der Waals surface area contributed by atoms with Crippen molar-refractivity contribution in [2.75, 3.05) is 18.0 Å². The van der Waals surface area contributed by atoms with E-state index in [1.807, 2.05) is 13.0 Å². The molecule has 30 heavy (non-hydrogen) atoms. The second kappa shape index (κ2) is 7.26. The molecule has 2 aromatic carbocycles. The van der Waals surface area contributed by atoms with E-state index in [1.165, 1.54) is 11.3 Å². The van der Waals surface area contributed by atoms with E-state index in [9.17, 15) is 13.0 Å². The van der Waals surface area contributed by atoms with E-state index in [1.54, 1.807) is 12.1 Å². The lowest BCUT2D eigenvalue weighted by atomic mass is 9.91. The van der Waals surface area contributed by atoms with Gasteiger partial charge in [0.2, 0.25) is 5.13 Å². The molecule has 10 heteroatoms.